The largest absolute Gasteiger partial charge is 0.392 e. The van der Waals surface area contributed by atoms with Crippen molar-refractivity contribution in [3.63, 3.8) is 0 Å². The van der Waals surface area contributed by atoms with Crippen LogP contribution in [0.3, 0.4) is 0 Å². The molecule has 1 aliphatic rings. The van der Waals surface area contributed by atoms with Gasteiger partial charge in [-0.3, -0.25) is 4.40 Å². The van der Waals surface area contributed by atoms with Crippen molar-refractivity contribution < 1.29 is 9.50 Å². The fourth-order valence-electron chi connectivity index (χ4n) is 4.64. The Kier molecular flexibility index (Phi) is 6.65. The van der Waals surface area contributed by atoms with Crippen LogP contribution in [0.1, 0.15) is 25.0 Å². The van der Waals surface area contributed by atoms with Gasteiger partial charge in [0.2, 0.25) is 5.95 Å². The third-order valence-electron chi connectivity index (χ3n) is 6.82. The molecule has 0 saturated carbocycles. The first-order valence-corrected chi connectivity index (χ1v) is 12.3. The normalized spacial score (nSPS) is 17.4. The molecule has 1 aromatic carbocycles. The maximum atomic E-state index is 13.6. The van der Waals surface area contributed by atoms with Gasteiger partial charge in [0, 0.05) is 37.5 Å². The molecule has 3 heterocycles. The zero-order chi connectivity index (χ0) is 25.2. The lowest BCUT2D eigenvalue weighted by molar-refractivity contribution is 0.282. The summed E-state index contributed by atoms with van der Waals surface area (Å²) in [7, 11) is 1.96. The molecule has 5 rings (SSSR count). The van der Waals surface area contributed by atoms with Crippen LogP contribution in [0.5, 0.6) is 0 Å². The number of pyridine rings is 1. The van der Waals surface area contributed by atoms with Crippen LogP contribution in [0.25, 0.3) is 28.3 Å². The van der Waals surface area contributed by atoms with Gasteiger partial charge in [-0.1, -0.05) is 44.2 Å². The maximum Gasteiger partial charge on any atom is 0.225 e. The molecule has 1 N–H and O–H groups in total. The number of hydrogen-bond acceptors (Lipinski definition) is 5. The molecule has 4 aromatic rings. The number of aryl methyl sites for hydroxylation is 1. The van der Waals surface area contributed by atoms with Gasteiger partial charge in [-0.15, -0.1) is 0 Å². The molecule has 0 aliphatic heterocycles. The Hall–Kier alpha value is -3.84. The minimum absolute atomic E-state index is 0.0468. The molecule has 2 atom stereocenters. The van der Waals surface area contributed by atoms with Crippen molar-refractivity contribution in [2.75, 3.05) is 18.5 Å². The first-order chi connectivity index (χ1) is 17.5. The second-order valence-corrected chi connectivity index (χ2v) is 9.34. The summed E-state index contributed by atoms with van der Waals surface area (Å²) in [4.78, 5) is 16.4. The zero-order valence-electron chi connectivity index (χ0n) is 20.8. The Bertz CT molecular complexity index is 1440. The van der Waals surface area contributed by atoms with Gasteiger partial charge in [-0.2, -0.15) is 0 Å². The van der Waals surface area contributed by atoms with E-state index in [1.807, 2.05) is 53.7 Å². The maximum absolute atomic E-state index is 13.6. The summed E-state index contributed by atoms with van der Waals surface area (Å²) in [5.41, 5.74) is 6.25. The Morgan fingerprint density at radius 2 is 1.89 bits per heavy atom. The molecular weight excluding hydrogens is 453 g/mol. The Balaban J connectivity index is 1.55. The van der Waals surface area contributed by atoms with E-state index in [9.17, 15) is 9.50 Å². The molecule has 2 unspecified atom stereocenters. The summed E-state index contributed by atoms with van der Waals surface area (Å²) in [5, 5.41) is 9.64. The predicted octanol–water partition coefficient (Wildman–Crippen LogP) is 5.62. The van der Waals surface area contributed by atoms with E-state index in [0.717, 1.165) is 40.3 Å². The standard InChI is InChI=1S/C29H30FN5O/c1-4-20-5-7-22(8-6-20)27-28(35-14-12-21(18-36)16-26(35)33-27)25-11-13-31-29(32-25)34(3)17-23-9-10-24(30)15-19(23)2/h5-16,19,23,36H,4,17-18H2,1-3H3. The van der Waals surface area contributed by atoms with Crippen molar-refractivity contribution in [3.8, 4) is 22.6 Å². The average molecular weight is 484 g/mol. The van der Waals surface area contributed by atoms with E-state index in [-0.39, 0.29) is 24.3 Å². The van der Waals surface area contributed by atoms with Gasteiger partial charge in [-0.05, 0) is 53.8 Å². The quantitative estimate of drug-likeness (QED) is 0.369. The average Bonchev–Trinajstić information content (AvgIpc) is 3.29. The number of rotatable bonds is 7. The summed E-state index contributed by atoms with van der Waals surface area (Å²) in [5.74, 6) is 0.674. The third-order valence-corrected chi connectivity index (χ3v) is 6.82. The molecule has 36 heavy (non-hydrogen) atoms. The zero-order valence-corrected chi connectivity index (χ0v) is 20.8. The fourth-order valence-corrected chi connectivity index (χ4v) is 4.64. The highest BCUT2D eigenvalue weighted by Gasteiger charge is 2.22. The van der Waals surface area contributed by atoms with Gasteiger partial charge < -0.3 is 10.0 Å². The van der Waals surface area contributed by atoms with Crippen molar-refractivity contribution in [3.05, 3.63) is 90.0 Å². The topological polar surface area (TPSA) is 66.6 Å². The van der Waals surface area contributed by atoms with E-state index in [1.165, 1.54) is 11.6 Å². The molecule has 1 aliphatic carbocycles. The number of imidazole rings is 1. The van der Waals surface area contributed by atoms with Gasteiger partial charge in [0.1, 0.15) is 11.5 Å². The van der Waals surface area contributed by atoms with E-state index >= 15 is 0 Å². The number of nitrogens with zero attached hydrogens (tertiary/aromatic N) is 5. The van der Waals surface area contributed by atoms with Gasteiger partial charge in [0.15, 0.2) is 0 Å². The van der Waals surface area contributed by atoms with Gasteiger partial charge in [-0.25, -0.2) is 19.3 Å². The highest BCUT2D eigenvalue weighted by atomic mass is 19.1. The van der Waals surface area contributed by atoms with E-state index in [0.29, 0.717) is 12.5 Å². The monoisotopic (exact) mass is 483 g/mol. The van der Waals surface area contributed by atoms with Crippen LogP contribution in [0.15, 0.2) is 78.9 Å². The molecule has 0 saturated heterocycles. The van der Waals surface area contributed by atoms with Crippen LogP contribution >= 0.6 is 0 Å². The molecule has 7 heteroatoms. The number of hydrogen-bond donors (Lipinski definition) is 1. The van der Waals surface area contributed by atoms with Crippen LogP contribution in [-0.2, 0) is 13.0 Å². The number of fused-ring (bicyclic) bond motifs is 1. The smallest absolute Gasteiger partial charge is 0.225 e. The van der Waals surface area contributed by atoms with E-state index in [4.69, 9.17) is 9.97 Å². The second kappa shape index (κ2) is 10.0. The summed E-state index contributed by atoms with van der Waals surface area (Å²) in [6, 6.07) is 14.1. The number of aliphatic hydroxyl groups is 1. The second-order valence-electron chi connectivity index (χ2n) is 9.34. The van der Waals surface area contributed by atoms with Crippen LogP contribution < -0.4 is 4.90 Å². The lowest BCUT2D eigenvalue weighted by Crippen LogP contribution is -2.29. The minimum atomic E-state index is -0.184. The predicted molar refractivity (Wildman–Crippen MR) is 141 cm³/mol. The number of aliphatic hydroxyl groups excluding tert-OH is 1. The Morgan fingerprint density at radius 3 is 2.61 bits per heavy atom. The summed E-state index contributed by atoms with van der Waals surface area (Å²) >= 11 is 0. The molecule has 0 bridgehead atoms. The van der Waals surface area contributed by atoms with Crippen LogP contribution in [0.2, 0.25) is 0 Å². The molecule has 6 nitrogen and oxygen atoms in total. The van der Waals surface area contributed by atoms with Crippen molar-refractivity contribution in [2.45, 2.75) is 26.9 Å². The number of anilines is 1. The van der Waals surface area contributed by atoms with Crippen LogP contribution in [0.4, 0.5) is 10.3 Å². The van der Waals surface area contributed by atoms with Gasteiger partial charge in [0.05, 0.1) is 23.7 Å². The lowest BCUT2D eigenvalue weighted by atomic mass is 9.89. The van der Waals surface area contributed by atoms with E-state index < -0.39 is 0 Å². The first-order valence-electron chi connectivity index (χ1n) is 12.3. The summed E-state index contributed by atoms with van der Waals surface area (Å²) in [6.07, 6.45) is 9.77. The minimum Gasteiger partial charge on any atom is -0.392 e. The van der Waals surface area contributed by atoms with Crippen molar-refractivity contribution in [1.29, 1.82) is 0 Å². The molecule has 0 radical (unpaired) electrons. The van der Waals surface area contributed by atoms with Gasteiger partial charge in [0.25, 0.3) is 0 Å². The number of aromatic nitrogens is 4. The van der Waals surface area contributed by atoms with Crippen LogP contribution in [0, 0.1) is 11.8 Å². The number of benzene rings is 1. The van der Waals surface area contributed by atoms with Crippen molar-refractivity contribution in [2.24, 2.45) is 11.8 Å². The molecule has 184 valence electrons. The molecule has 0 amide bonds. The van der Waals surface area contributed by atoms with Crippen molar-refractivity contribution in [1.82, 2.24) is 19.4 Å². The first kappa shape index (κ1) is 23.9. The van der Waals surface area contributed by atoms with Gasteiger partial charge >= 0.3 is 0 Å². The molecule has 3 aromatic heterocycles. The number of halogens is 1. The summed E-state index contributed by atoms with van der Waals surface area (Å²) in [6.45, 7) is 4.78. The highest BCUT2D eigenvalue weighted by molar-refractivity contribution is 5.81. The Labute approximate surface area is 210 Å². The van der Waals surface area contributed by atoms with Crippen LogP contribution in [-0.4, -0.2) is 38.1 Å². The van der Waals surface area contributed by atoms with Crippen molar-refractivity contribution >= 4 is 11.6 Å². The number of allylic oxidation sites excluding steroid dienone is 3. The SMILES string of the molecule is CCc1ccc(-c2nc3cc(CO)ccn3c2-c2ccnc(N(C)CC3C=CC(F)=CC3C)n2)cc1. The van der Waals surface area contributed by atoms with E-state index in [1.54, 1.807) is 12.3 Å². The summed E-state index contributed by atoms with van der Waals surface area (Å²) < 4.78 is 15.6. The highest BCUT2D eigenvalue weighted by Crippen LogP contribution is 2.33. The Morgan fingerprint density at radius 1 is 1.08 bits per heavy atom. The van der Waals surface area contributed by atoms with E-state index in [2.05, 4.69) is 36.2 Å². The third kappa shape index (κ3) is 4.66. The fraction of sp³-hybridized carbons (Fsp3) is 0.276. The molecule has 0 spiro atoms. The molecular formula is C29H30FN5O. The lowest BCUT2D eigenvalue weighted by Gasteiger charge is -2.27. The molecule has 0 fully saturated rings.